The molecule has 1 aliphatic rings. The Hall–Kier alpha value is -2.64. The van der Waals surface area contributed by atoms with Gasteiger partial charge in [0.15, 0.2) is 0 Å². The van der Waals surface area contributed by atoms with E-state index in [1.54, 1.807) is 13.8 Å². The summed E-state index contributed by atoms with van der Waals surface area (Å²) in [5.41, 5.74) is 4.31. The standard InChI is InChI=1S/C21H27N3O4/c1-14-18(21(26)27-3)15(2)23-19(14)20(25)22-12-16-6-4-5-7-17(16)13-24-8-10-28-11-9-24/h4-7,23H,8-13H2,1-3H3,(H,22,25). The molecule has 7 heteroatoms. The molecule has 0 bridgehead atoms. The number of rotatable bonds is 6. The molecule has 2 aromatic rings. The number of morpholine rings is 1. The Bertz CT molecular complexity index is 853. The van der Waals surface area contributed by atoms with Crippen LogP contribution in [0.5, 0.6) is 0 Å². The van der Waals surface area contributed by atoms with E-state index in [-0.39, 0.29) is 5.91 Å². The van der Waals surface area contributed by atoms with E-state index in [1.807, 2.05) is 18.2 Å². The van der Waals surface area contributed by atoms with Crippen LogP contribution in [0, 0.1) is 13.8 Å². The largest absolute Gasteiger partial charge is 0.465 e. The van der Waals surface area contributed by atoms with Crippen LogP contribution in [-0.4, -0.2) is 55.2 Å². The highest BCUT2D eigenvalue weighted by Crippen LogP contribution is 2.19. The lowest BCUT2D eigenvalue weighted by molar-refractivity contribution is 0.0340. The fraction of sp³-hybridized carbons (Fsp3) is 0.429. The van der Waals surface area contributed by atoms with Crippen LogP contribution in [-0.2, 0) is 22.6 Å². The highest BCUT2D eigenvalue weighted by atomic mass is 16.5. The molecule has 1 saturated heterocycles. The molecule has 0 unspecified atom stereocenters. The second-order valence-corrected chi connectivity index (χ2v) is 6.96. The van der Waals surface area contributed by atoms with Crippen LogP contribution < -0.4 is 5.32 Å². The van der Waals surface area contributed by atoms with E-state index < -0.39 is 5.97 Å². The topological polar surface area (TPSA) is 83.7 Å². The van der Waals surface area contributed by atoms with Crippen molar-refractivity contribution in [3.8, 4) is 0 Å². The number of carbonyl (C=O) groups excluding carboxylic acids is 2. The van der Waals surface area contributed by atoms with Crippen molar-refractivity contribution in [3.05, 3.63) is 57.9 Å². The number of aryl methyl sites for hydroxylation is 1. The summed E-state index contributed by atoms with van der Waals surface area (Å²) in [6.45, 7) is 8.10. The van der Waals surface area contributed by atoms with E-state index >= 15 is 0 Å². The average molecular weight is 385 g/mol. The lowest BCUT2D eigenvalue weighted by Crippen LogP contribution is -2.36. The zero-order valence-electron chi connectivity index (χ0n) is 16.6. The number of amides is 1. The van der Waals surface area contributed by atoms with Crippen LogP contribution in [0.25, 0.3) is 0 Å². The van der Waals surface area contributed by atoms with Crippen molar-refractivity contribution in [2.45, 2.75) is 26.9 Å². The fourth-order valence-electron chi connectivity index (χ4n) is 3.53. The summed E-state index contributed by atoms with van der Waals surface area (Å²) < 4.78 is 10.2. The van der Waals surface area contributed by atoms with Gasteiger partial charge < -0.3 is 19.8 Å². The fourth-order valence-corrected chi connectivity index (χ4v) is 3.53. The number of benzene rings is 1. The normalized spacial score (nSPS) is 14.7. The number of hydrogen-bond donors (Lipinski definition) is 2. The maximum atomic E-state index is 12.7. The van der Waals surface area contributed by atoms with Crippen LogP contribution in [0.3, 0.4) is 0 Å². The first kappa shape index (κ1) is 20.1. The van der Waals surface area contributed by atoms with Crippen molar-refractivity contribution < 1.29 is 19.1 Å². The molecule has 0 radical (unpaired) electrons. The number of esters is 1. The minimum absolute atomic E-state index is 0.239. The Labute approximate surface area is 165 Å². The second-order valence-electron chi connectivity index (χ2n) is 6.96. The summed E-state index contributed by atoms with van der Waals surface area (Å²) in [6, 6.07) is 8.12. The average Bonchev–Trinajstić information content (AvgIpc) is 3.01. The van der Waals surface area contributed by atoms with Crippen molar-refractivity contribution in [2.75, 3.05) is 33.4 Å². The summed E-state index contributed by atoms with van der Waals surface area (Å²) in [4.78, 5) is 30.0. The molecule has 2 heterocycles. The summed E-state index contributed by atoms with van der Waals surface area (Å²) in [5, 5.41) is 2.97. The van der Waals surface area contributed by atoms with Gasteiger partial charge in [-0.3, -0.25) is 9.69 Å². The monoisotopic (exact) mass is 385 g/mol. The minimum Gasteiger partial charge on any atom is -0.465 e. The zero-order valence-corrected chi connectivity index (χ0v) is 16.6. The van der Waals surface area contributed by atoms with Gasteiger partial charge in [0.2, 0.25) is 0 Å². The van der Waals surface area contributed by atoms with Gasteiger partial charge in [-0.15, -0.1) is 0 Å². The van der Waals surface area contributed by atoms with Gasteiger partial charge in [-0.05, 0) is 30.5 Å². The predicted molar refractivity (Wildman–Crippen MR) is 105 cm³/mol. The minimum atomic E-state index is -0.443. The van der Waals surface area contributed by atoms with Crippen molar-refractivity contribution >= 4 is 11.9 Å². The highest BCUT2D eigenvalue weighted by molar-refractivity contribution is 6.00. The van der Waals surface area contributed by atoms with Gasteiger partial charge in [-0.25, -0.2) is 4.79 Å². The van der Waals surface area contributed by atoms with Crippen molar-refractivity contribution in [1.29, 1.82) is 0 Å². The first-order valence-corrected chi connectivity index (χ1v) is 9.43. The number of aromatic amines is 1. The van der Waals surface area contributed by atoms with Gasteiger partial charge in [0, 0.05) is 31.9 Å². The van der Waals surface area contributed by atoms with Crippen molar-refractivity contribution in [2.24, 2.45) is 0 Å². The molecule has 7 nitrogen and oxygen atoms in total. The quantitative estimate of drug-likeness (QED) is 0.745. The number of ether oxygens (including phenoxy) is 2. The summed E-state index contributed by atoms with van der Waals surface area (Å²) in [5.74, 6) is -0.682. The maximum Gasteiger partial charge on any atom is 0.339 e. The molecule has 1 aliphatic heterocycles. The van der Waals surface area contributed by atoms with E-state index in [9.17, 15) is 9.59 Å². The molecule has 3 rings (SSSR count). The van der Waals surface area contributed by atoms with E-state index in [0.29, 0.717) is 29.1 Å². The van der Waals surface area contributed by atoms with E-state index in [4.69, 9.17) is 9.47 Å². The molecule has 1 amide bonds. The highest BCUT2D eigenvalue weighted by Gasteiger charge is 2.22. The van der Waals surface area contributed by atoms with Gasteiger partial charge >= 0.3 is 5.97 Å². The first-order chi connectivity index (χ1) is 13.5. The Morgan fingerprint density at radius 2 is 1.86 bits per heavy atom. The lowest BCUT2D eigenvalue weighted by atomic mass is 10.1. The molecular formula is C21H27N3O4. The van der Waals surface area contributed by atoms with Crippen molar-refractivity contribution in [1.82, 2.24) is 15.2 Å². The van der Waals surface area contributed by atoms with Crippen LogP contribution in [0.4, 0.5) is 0 Å². The molecule has 1 fully saturated rings. The number of carbonyl (C=O) groups is 2. The smallest absolute Gasteiger partial charge is 0.339 e. The Morgan fingerprint density at radius 1 is 1.18 bits per heavy atom. The number of nitrogens with zero attached hydrogens (tertiary/aromatic N) is 1. The van der Waals surface area contributed by atoms with Gasteiger partial charge in [0.25, 0.3) is 5.91 Å². The predicted octanol–water partition coefficient (Wildman–Crippen LogP) is 2.18. The molecule has 28 heavy (non-hydrogen) atoms. The van der Waals surface area contributed by atoms with E-state index in [0.717, 1.165) is 38.4 Å². The molecule has 0 spiro atoms. The van der Waals surface area contributed by atoms with Gasteiger partial charge in [0.1, 0.15) is 5.69 Å². The maximum absolute atomic E-state index is 12.7. The van der Waals surface area contributed by atoms with Crippen LogP contribution in [0.2, 0.25) is 0 Å². The summed E-state index contributed by atoms with van der Waals surface area (Å²) >= 11 is 0. The molecule has 2 N–H and O–H groups in total. The Balaban J connectivity index is 1.69. The van der Waals surface area contributed by atoms with Crippen molar-refractivity contribution in [3.63, 3.8) is 0 Å². The molecule has 150 valence electrons. The molecule has 0 saturated carbocycles. The Kier molecular flexibility index (Phi) is 6.49. The number of nitrogens with one attached hydrogen (secondary N) is 2. The summed E-state index contributed by atoms with van der Waals surface area (Å²) in [6.07, 6.45) is 0. The number of hydrogen-bond acceptors (Lipinski definition) is 5. The molecule has 0 atom stereocenters. The SMILES string of the molecule is COC(=O)c1c(C)[nH]c(C(=O)NCc2ccccc2CN2CCOCC2)c1C. The van der Waals surface area contributed by atoms with E-state index in [1.165, 1.54) is 12.7 Å². The first-order valence-electron chi connectivity index (χ1n) is 9.43. The Morgan fingerprint density at radius 3 is 2.54 bits per heavy atom. The third-order valence-corrected chi connectivity index (χ3v) is 5.11. The van der Waals surface area contributed by atoms with Crippen LogP contribution >= 0.6 is 0 Å². The molecule has 1 aromatic heterocycles. The van der Waals surface area contributed by atoms with Crippen LogP contribution in [0.15, 0.2) is 24.3 Å². The van der Waals surface area contributed by atoms with Gasteiger partial charge in [0.05, 0.1) is 25.9 Å². The van der Waals surface area contributed by atoms with Crippen LogP contribution in [0.1, 0.15) is 43.2 Å². The number of aromatic nitrogens is 1. The zero-order chi connectivity index (χ0) is 20.1. The molecular weight excluding hydrogens is 358 g/mol. The third-order valence-electron chi connectivity index (χ3n) is 5.11. The summed E-state index contributed by atoms with van der Waals surface area (Å²) in [7, 11) is 1.33. The van der Waals surface area contributed by atoms with Gasteiger partial charge in [-0.1, -0.05) is 24.3 Å². The third kappa shape index (κ3) is 4.43. The lowest BCUT2D eigenvalue weighted by Gasteiger charge is -2.27. The van der Waals surface area contributed by atoms with E-state index in [2.05, 4.69) is 21.3 Å². The number of H-pyrrole nitrogens is 1. The molecule has 0 aliphatic carbocycles. The number of methoxy groups -OCH3 is 1. The second kappa shape index (κ2) is 9.03. The molecule has 1 aromatic carbocycles. The van der Waals surface area contributed by atoms with Gasteiger partial charge in [-0.2, -0.15) is 0 Å².